The summed E-state index contributed by atoms with van der Waals surface area (Å²) < 4.78 is 12.3. The molecule has 0 radical (unpaired) electrons. The summed E-state index contributed by atoms with van der Waals surface area (Å²) in [6, 6.07) is 4.83. The first-order chi connectivity index (χ1) is 12.5. The van der Waals surface area contributed by atoms with E-state index >= 15 is 0 Å². The predicted octanol–water partition coefficient (Wildman–Crippen LogP) is 2.47. The molecule has 0 spiro atoms. The molecule has 140 valence electrons. The van der Waals surface area contributed by atoms with Gasteiger partial charge in [-0.15, -0.1) is 0 Å². The Morgan fingerprint density at radius 1 is 1.23 bits per heavy atom. The van der Waals surface area contributed by atoms with Crippen LogP contribution in [0.15, 0.2) is 24.4 Å². The maximum absolute atomic E-state index is 12.6. The molecule has 26 heavy (non-hydrogen) atoms. The first kappa shape index (κ1) is 19.6. The second-order valence-corrected chi connectivity index (χ2v) is 6.09. The minimum atomic E-state index is -0.346. The highest BCUT2D eigenvalue weighted by atomic mass is 32.2. The molecule has 0 atom stereocenters. The van der Waals surface area contributed by atoms with Gasteiger partial charge >= 0.3 is 0 Å². The Morgan fingerprint density at radius 2 is 2.00 bits per heavy atom. The van der Waals surface area contributed by atoms with Gasteiger partial charge in [0.05, 0.1) is 31.9 Å². The predicted molar refractivity (Wildman–Crippen MR) is 102 cm³/mol. The maximum atomic E-state index is 12.6. The number of amides is 2. The van der Waals surface area contributed by atoms with Gasteiger partial charge in [-0.2, -0.15) is 16.9 Å². The molecule has 0 aliphatic carbocycles. The van der Waals surface area contributed by atoms with Gasteiger partial charge in [-0.25, -0.2) is 4.68 Å². The molecule has 0 saturated heterocycles. The minimum Gasteiger partial charge on any atom is -0.493 e. The normalized spacial score (nSPS) is 10.3. The molecule has 2 rings (SSSR count). The van der Waals surface area contributed by atoms with Crippen LogP contribution in [0, 0.1) is 0 Å². The lowest BCUT2D eigenvalue weighted by Crippen LogP contribution is -2.18. The van der Waals surface area contributed by atoms with Crippen molar-refractivity contribution in [1.29, 1.82) is 0 Å². The molecule has 0 saturated carbocycles. The van der Waals surface area contributed by atoms with Gasteiger partial charge in [0.1, 0.15) is 5.82 Å². The quantitative estimate of drug-likeness (QED) is 0.733. The summed E-state index contributed by atoms with van der Waals surface area (Å²) in [6.45, 7) is 2.56. The first-order valence-corrected chi connectivity index (χ1v) is 9.31. The number of nitrogens with one attached hydrogen (secondary N) is 2. The zero-order valence-corrected chi connectivity index (χ0v) is 16.0. The van der Waals surface area contributed by atoms with E-state index in [9.17, 15) is 9.59 Å². The van der Waals surface area contributed by atoms with E-state index in [-0.39, 0.29) is 17.6 Å². The lowest BCUT2D eigenvalue weighted by molar-refractivity contribution is -0.113. The SMILES string of the molecule is CCn1nccc1NC(=O)c1cc(NC(=O)CSC)c(OC)c(OC)c1. The van der Waals surface area contributed by atoms with Gasteiger partial charge in [0, 0.05) is 18.2 Å². The van der Waals surface area contributed by atoms with Crippen LogP contribution in [0.25, 0.3) is 0 Å². The fourth-order valence-corrected chi connectivity index (χ4v) is 2.72. The molecule has 1 heterocycles. The van der Waals surface area contributed by atoms with Crippen molar-refractivity contribution in [3.05, 3.63) is 30.0 Å². The Morgan fingerprint density at radius 3 is 2.62 bits per heavy atom. The summed E-state index contributed by atoms with van der Waals surface area (Å²) in [6.07, 6.45) is 3.44. The number of benzene rings is 1. The number of hydrogen-bond donors (Lipinski definition) is 2. The van der Waals surface area contributed by atoms with Crippen molar-refractivity contribution in [2.24, 2.45) is 0 Å². The molecule has 0 fully saturated rings. The second kappa shape index (κ2) is 9.14. The lowest BCUT2D eigenvalue weighted by Gasteiger charge is -2.16. The third-order valence-electron chi connectivity index (χ3n) is 3.55. The number of hydrogen-bond acceptors (Lipinski definition) is 6. The van der Waals surface area contributed by atoms with Crippen molar-refractivity contribution in [3.63, 3.8) is 0 Å². The van der Waals surface area contributed by atoms with E-state index in [2.05, 4.69) is 15.7 Å². The summed E-state index contributed by atoms with van der Waals surface area (Å²) in [7, 11) is 2.95. The number of ether oxygens (including phenoxy) is 2. The van der Waals surface area contributed by atoms with Gasteiger partial charge in [0.2, 0.25) is 5.91 Å². The van der Waals surface area contributed by atoms with Crippen LogP contribution in [-0.4, -0.2) is 47.8 Å². The van der Waals surface area contributed by atoms with Crippen molar-refractivity contribution in [2.45, 2.75) is 13.5 Å². The molecule has 2 N–H and O–H groups in total. The third kappa shape index (κ3) is 4.48. The Labute approximate surface area is 156 Å². The third-order valence-corrected chi connectivity index (χ3v) is 4.10. The monoisotopic (exact) mass is 378 g/mol. The van der Waals surface area contributed by atoms with Crippen LogP contribution in [-0.2, 0) is 11.3 Å². The van der Waals surface area contributed by atoms with E-state index in [4.69, 9.17) is 9.47 Å². The van der Waals surface area contributed by atoms with Crippen LogP contribution >= 0.6 is 11.8 Å². The van der Waals surface area contributed by atoms with Crippen LogP contribution < -0.4 is 20.1 Å². The minimum absolute atomic E-state index is 0.195. The molecule has 1 aromatic heterocycles. The molecule has 2 amide bonds. The molecule has 9 heteroatoms. The molecular weight excluding hydrogens is 356 g/mol. The van der Waals surface area contributed by atoms with E-state index < -0.39 is 0 Å². The van der Waals surface area contributed by atoms with E-state index in [1.165, 1.54) is 26.0 Å². The highest BCUT2D eigenvalue weighted by Gasteiger charge is 2.18. The molecule has 0 aliphatic rings. The largest absolute Gasteiger partial charge is 0.493 e. The second-order valence-electron chi connectivity index (χ2n) is 5.23. The van der Waals surface area contributed by atoms with Crippen molar-refractivity contribution in [1.82, 2.24) is 9.78 Å². The summed E-state index contributed by atoms with van der Waals surface area (Å²) in [4.78, 5) is 24.6. The van der Waals surface area contributed by atoms with Crippen molar-refractivity contribution in [2.75, 3.05) is 36.9 Å². The number of carbonyl (C=O) groups excluding carboxylic acids is 2. The maximum Gasteiger partial charge on any atom is 0.257 e. The van der Waals surface area contributed by atoms with Gasteiger partial charge in [-0.05, 0) is 25.3 Å². The summed E-state index contributed by atoms with van der Waals surface area (Å²) in [5, 5.41) is 9.67. The number of nitrogens with zero attached hydrogens (tertiary/aromatic N) is 2. The molecule has 2 aromatic rings. The van der Waals surface area contributed by atoms with E-state index in [1.807, 2.05) is 13.2 Å². The first-order valence-electron chi connectivity index (χ1n) is 7.92. The Bertz CT molecular complexity index is 791. The summed E-state index contributed by atoms with van der Waals surface area (Å²) in [5.74, 6) is 1.04. The Kier molecular flexibility index (Phi) is 6.90. The molecule has 0 aliphatic heterocycles. The summed E-state index contributed by atoms with van der Waals surface area (Å²) >= 11 is 1.40. The lowest BCUT2D eigenvalue weighted by atomic mass is 10.1. The zero-order chi connectivity index (χ0) is 19.1. The average molecular weight is 378 g/mol. The van der Waals surface area contributed by atoms with Gasteiger partial charge in [0.25, 0.3) is 5.91 Å². The topological polar surface area (TPSA) is 94.5 Å². The van der Waals surface area contributed by atoms with Crippen LogP contribution in [0.3, 0.4) is 0 Å². The number of methoxy groups -OCH3 is 2. The molecule has 0 unspecified atom stereocenters. The van der Waals surface area contributed by atoms with Gasteiger partial charge in [0.15, 0.2) is 11.5 Å². The Balaban J connectivity index is 2.35. The number of aryl methyl sites for hydroxylation is 1. The van der Waals surface area contributed by atoms with Crippen molar-refractivity contribution < 1.29 is 19.1 Å². The highest BCUT2D eigenvalue weighted by molar-refractivity contribution is 7.99. The number of thioether (sulfide) groups is 1. The van der Waals surface area contributed by atoms with Crippen LogP contribution in [0.1, 0.15) is 17.3 Å². The molecular formula is C17H22N4O4S. The van der Waals surface area contributed by atoms with E-state index in [0.29, 0.717) is 35.1 Å². The standard InChI is InChI=1S/C17H22N4O4S/c1-5-21-14(6-7-18-21)20-17(23)11-8-12(19-15(22)10-26-4)16(25-3)13(9-11)24-2/h6-9H,5,10H2,1-4H3,(H,19,22)(H,20,23). The molecule has 1 aromatic carbocycles. The van der Waals surface area contributed by atoms with Crippen molar-refractivity contribution >= 4 is 35.1 Å². The van der Waals surface area contributed by atoms with Crippen LogP contribution in [0.5, 0.6) is 11.5 Å². The number of aromatic nitrogens is 2. The van der Waals surface area contributed by atoms with Gasteiger partial charge in [-0.3, -0.25) is 9.59 Å². The zero-order valence-electron chi connectivity index (χ0n) is 15.2. The number of anilines is 2. The summed E-state index contributed by atoms with van der Waals surface area (Å²) in [5.41, 5.74) is 0.700. The van der Waals surface area contributed by atoms with E-state index in [1.54, 1.807) is 29.1 Å². The van der Waals surface area contributed by atoms with Gasteiger partial charge in [-0.1, -0.05) is 0 Å². The number of rotatable bonds is 8. The van der Waals surface area contributed by atoms with Gasteiger partial charge < -0.3 is 20.1 Å². The van der Waals surface area contributed by atoms with Crippen LogP contribution in [0.2, 0.25) is 0 Å². The fraction of sp³-hybridized carbons (Fsp3) is 0.353. The Hall–Kier alpha value is -2.68. The highest BCUT2D eigenvalue weighted by Crippen LogP contribution is 2.37. The number of carbonyl (C=O) groups is 2. The fourth-order valence-electron chi connectivity index (χ4n) is 2.39. The average Bonchev–Trinajstić information content (AvgIpc) is 3.08. The van der Waals surface area contributed by atoms with E-state index in [0.717, 1.165) is 0 Å². The van der Waals surface area contributed by atoms with Crippen molar-refractivity contribution in [3.8, 4) is 11.5 Å². The van der Waals surface area contributed by atoms with Crippen LogP contribution in [0.4, 0.5) is 11.5 Å². The smallest absolute Gasteiger partial charge is 0.257 e. The molecule has 0 bridgehead atoms. The molecule has 8 nitrogen and oxygen atoms in total.